The van der Waals surface area contributed by atoms with Crippen molar-refractivity contribution < 1.29 is 14.3 Å². The molecule has 1 aromatic carbocycles. The number of carbonyl (C=O) groups excluding carboxylic acids is 2. The van der Waals surface area contributed by atoms with Crippen molar-refractivity contribution in [3.05, 3.63) is 35.4 Å². The highest BCUT2D eigenvalue weighted by atomic mass is 16.5. The average Bonchev–Trinajstić information content (AvgIpc) is 2.35. The first-order chi connectivity index (χ1) is 10.5. The zero-order chi connectivity index (χ0) is 17.4. The van der Waals surface area contributed by atoms with Gasteiger partial charge in [-0.2, -0.15) is 0 Å². The van der Waals surface area contributed by atoms with Crippen molar-refractivity contribution in [2.45, 2.75) is 71.6 Å². The normalized spacial score (nSPS) is 20.2. The Kier molecular flexibility index (Phi) is 4.56. The van der Waals surface area contributed by atoms with Gasteiger partial charge in [-0.25, -0.2) is 0 Å². The lowest BCUT2D eigenvalue weighted by molar-refractivity contribution is -0.154. The highest BCUT2D eigenvalue weighted by Gasteiger charge is 2.48. The third-order valence-electron chi connectivity index (χ3n) is 4.50. The summed E-state index contributed by atoms with van der Waals surface area (Å²) in [5.41, 5.74) is 1.06. The molecule has 0 atom stereocenters. The van der Waals surface area contributed by atoms with Gasteiger partial charge in [0.25, 0.3) is 5.91 Å². The molecule has 23 heavy (non-hydrogen) atoms. The molecule has 0 aliphatic carbocycles. The second kappa shape index (κ2) is 5.99. The molecule has 0 radical (unpaired) electrons. The van der Waals surface area contributed by atoms with Crippen LogP contribution in [0, 0.1) is 6.92 Å². The number of ether oxygens (including phenoxy) is 1. The van der Waals surface area contributed by atoms with E-state index in [9.17, 15) is 9.59 Å². The van der Waals surface area contributed by atoms with Crippen LogP contribution in [-0.2, 0) is 9.53 Å². The highest BCUT2D eigenvalue weighted by molar-refractivity contribution is 5.95. The average molecular weight is 317 g/mol. The molecule has 4 nitrogen and oxygen atoms in total. The van der Waals surface area contributed by atoms with Crippen LogP contribution in [0.25, 0.3) is 0 Å². The van der Waals surface area contributed by atoms with Gasteiger partial charge < -0.3 is 9.64 Å². The number of hydrogen-bond acceptors (Lipinski definition) is 3. The lowest BCUT2D eigenvalue weighted by Gasteiger charge is -2.54. The van der Waals surface area contributed by atoms with Gasteiger partial charge in [-0.3, -0.25) is 9.59 Å². The number of hydrogen-bond donors (Lipinski definition) is 0. The molecule has 0 bridgehead atoms. The van der Waals surface area contributed by atoms with Crippen molar-refractivity contribution >= 4 is 11.9 Å². The molecule has 1 amide bonds. The van der Waals surface area contributed by atoms with Crippen molar-refractivity contribution in [3.63, 3.8) is 0 Å². The van der Waals surface area contributed by atoms with Crippen molar-refractivity contribution in [2.24, 2.45) is 0 Å². The smallest absolute Gasteiger partial charge is 0.302 e. The summed E-state index contributed by atoms with van der Waals surface area (Å²) in [7, 11) is 0. The monoisotopic (exact) mass is 317 g/mol. The summed E-state index contributed by atoms with van der Waals surface area (Å²) in [4.78, 5) is 26.3. The Balaban J connectivity index is 2.31. The molecule has 0 unspecified atom stereocenters. The van der Waals surface area contributed by atoms with Crippen LogP contribution in [0.3, 0.4) is 0 Å². The van der Waals surface area contributed by atoms with Gasteiger partial charge in [0.2, 0.25) is 0 Å². The predicted molar refractivity (Wildman–Crippen MR) is 90.3 cm³/mol. The van der Waals surface area contributed by atoms with E-state index in [1.807, 2.05) is 63.8 Å². The van der Waals surface area contributed by atoms with Crippen LogP contribution in [0.2, 0.25) is 0 Å². The molecule has 4 heteroatoms. The molecule has 126 valence electrons. The molecule has 2 rings (SSSR count). The molecule has 0 N–H and O–H groups in total. The van der Waals surface area contributed by atoms with E-state index in [2.05, 4.69) is 0 Å². The first kappa shape index (κ1) is 17.5. The van der Waals surface area contributed by atoms with E-state index in [1.165, 1.54) is 6.92 Å². The Morgan fingerprint density at radius 1 is 1.04 bits per heavy atom. The standard InChI is InChI=1S/C19H27NO3/c1-13-7-9-15(10-8-13)17(22)20-18(3,4)11-16(23-14(2)21)12-19(20,5)6/h7-10,16H,11-12H2,1-6H3. The lowest BCUT2D eigenvalue weighted by Crippen LogP contribution is -2.64. The zero-order valence-electron chi connectivity index (χ0n) is 15.0. The van der Waals surface area contributed by atoms with Gasteiger partial charge in [-0.1, -0.05) is 17.7 Å². The quantitative estimate of drug-likeness (QED) is 0.781. The van der Waals surface area contributed by atoms with E-state index in [1.54, 1.807) is 0 Å². The molecule has 1 aromatic rings. The summed E-state index contributed by atoms with van der Waals surface area (Å²) in [5, 5.41) is 0. The minimum absolute atomic E-state index is 0.0290. The molecule has 1 heterocycles. The summed E-state index contributed by atoms with van der Waals surface area (Å²) >= 11 is 0. The number of rotatable bonds is 2. The number of nitrogens with zero attached hydrogens (tertiary/aromatic N) is 1. The largest absolute Gasteiger partial charge is 0.462 e. The maximum atomic E-state index is 13.1. The Morgan fingerprint density at radius 3 is 1.96 bits per heavy atom. The molecule has 0 saturated carbocycles. The Morgan fingerprint density at radius 2 is 1.52 bits per heavy atom. The van der Waals surface area contributed by atoms with Crippen molar-refractivity contribution in [1.29, 1.82) is 0 Å². The fourth-order valence-electron chi connectivity index (χ4n) is 3.88. The van der Waals surface area contributed by atoms with Crippen molar-refractivity contribution in [1.82, 2.24) is 4.90 Å². The van der Waals surface area contributed by atoms with Crippen LogP contribution in [0.4, 0.5) is 0 Å². The van der Waals surface area contributed by atoms with Gasteiger partial charge >= 0.3 is 5.97 Å². The van der Waals surface area contributed by atoms with E-state index in [4.69, 9.17) is 4.74 Å². The lowest BCUT2D eigenvalue weighted by atomic mass is 9.77. The van der Waals surface area contributed by atoms with Gasteiger partial charge in [-0.15, -0.1) is 0 Å². The summed E-state index contributed by atoms with van der Waals surface area (Å²) in [6.07, 6.45) is 1.14. The van der Waals surface area contributed by atoms with Crippen LogP contribution in [0.1, 0.15) is 63.4 Å². The Labute approximate surface area is 138 Å². The first-order valence-electron chi connectivity index (χ1n) is 8.11. The van der Waals surface area contributed by atoms with Crippen LogP contribution < -0.4 is 0 Å². The SMILES string of the molecule is CC(=O)OC1CC(C)(C)N(C(=O)c2ccc(C)cc2)C(C)(C)C1. The van der Waals surface area contributed by atoms with Gasteiger partial charge in [0.1, 0.15) is 6.10 Å². The summed E-state index contributed by atoms with van der Waals surface area (Å²) in [5.74, 6) is -0.235. The number of esters is 1. The first-order valence-corrected chi connectivity index (χ1v) is 8.11. The topological polar surface area (TPSA) is 46.6 Å². The van der Waals surface area contributed by atoms with Crippen LogP contribution in [0.5, 0.6) is 0 Å². The molecule has 0 spiro atoms. The van der Waals surface area contributed by atoms with Gasteiger partial charge in [0.15, 0.2) is 0 Å². The van der Waals surface area contributed by atoms with Gasteiger partial charge in [0, 0.05) is 36.4 Å². The highest BCUT2D eigenvalue weighted by Crippen LogP contribution is 2.40. The van der Waals surface area contributed by atoms with Gasteiger partial charge in [0.05, 0.1) is 0 Å². The van der Waals surface area contributed by atoms with E-state index < -0.39 is 0 Å². The second-order valence-electron chi connectivity index (χ2n) is 7.77. The van der Waals surface area contributed by atoms with Crippen molar-refractivity contribution in [2.75, 3.05) is 0 Å². The van der Waals surface area contributed by atoms with E-state index >= 15 is 0 Å². The molecule has 1 aliphatic rings. The van der Waals surface area contributed by atoms with Crippen LogP contribution in [0.15, 0.2) is 24.3 Å². The Bertz CT molecular complexity index is 584. The summed E-state index contributed by atoms with van der Waals surface area (Å²) in [6, 6.07) is 7.67. The van der Waals surface area contributed by atoms with Gasteiger partial charge in [-0.05, 0) is 46.8 Å². The predicted octanol–water partition coefficient (Wildman–Crippen LogP) is 3.72. The van der Waals surface area contributed by atoms with E-state index in [0.29, 0.717) is 18.4 Å². The molecule has 1 fully saturated rings. The van der Waals surface area contributed by atoms with Crippen LogP contribution >= 0.6 is 0 Å². The molecular weight excluding hydrogens is 290 g/mol. The maximum Gasteiger partial charge on any atom is 0.302 e. The van der Waals surface area contributed by atoms with Crippen molar-refractivity contribution in [3.8, 4) is 0 Å². The fourth-order valence-corrected chi connectivity index (χ4v) is 3.88. The third-order valence-corrected chi connectivity index (χ3v) is 4.50. The van der Waals surface area contributed by atoms with E-state index in [-0.39, 0.29) is 29.1 Å². The summed E-state index contributed by atoms with van der Waals surface area (Å²) < 4.78 is 5.44. The number of likely N-dealkylation sites (tertiary alicyclic amines) is 1. The number of piperidine rings is 1. The summed E-state index contributed by atoms with van der Waals surface area (Å²) in [6.45, 7) is 11.6. The molecule has 1 aliphatic heterocycles. The third kappa shape index (κ3) is 3.74. The van der Waals surface area contributed by atoms with E-state index in [0.717, 1.165) is 5.56 Å². The Hall–Kier alpha value is -1.84. The number of benzene rings is 1. The van der Waals surface area contributed by atoms with Crippen LogP contribution in [-0.4, -0.2) is 34.0 Å². The molecule has 1 saturated heterocycles. The number of carbonyl (C=O) groups is 2. The number of amides is 1. The zero-order valence-corrected chi connectivity index (χ0v) is 15.0. The maximum absolute atomic E-state index is 13.1. The molecule has 0 aromatic heterocycles. The minimum Gasteiger partial charge on any atom is -0.462 e. The second-order valence-corrected chi connectivity index (χ2v) is 7.77. The number of aryl methyl sites for hydroxylation is 1. The fraction of sp³-hybridized carbons (Fsp3) is 0.579. The molecular formula is C19H27NO3. The minimum atomic E-state index is -0.385.